The number of benzene rings is 2. The van der Waals surface area contributed by atoms with E-state index in [4.69, 9.17) is 18.7 Å². The second-order valence-corrected chi connectivity index (χ2v) is 6.47. The highest BCUT2D eigenvalue weighted by Gasteiger charge is 2.08. The van der Waals surface area contributed by atoms with Gasteiger partial charge in [-0.15, -0.1) is 0 Å². The van der Waals surface area contributed by atoms with Gasteiger partial charge in [-0.1, -0.05) is 35.5 Å². The highest BCUT2D eigenvalue weighted by molar-refractivity contribution is 7.92. The van der Waals surface area contributed by atoms with E-state index < -0.39 is 0 Å². The Morgan fingerprint density at radius 3 is 2.42 bits per heavy atom. The van der Waals surface area contributed by atoms with Gasteiger partial charge in [-0.2, -0.15) is 0 Å². The molecule has 26 heavy (non-hydrogen) atoms. The molecule has 0 aliphatic heterocycles. The fraction of sp³-hybridized carbons (Fsp3) is 0.474. The molecule has 0 fully saturated rings. The molecule has 0 aliphatic rings. The summed E-state index contributed by atoms with van der Waals surface area (Å²) in [5, 5.41) is 2.13. The molecule has 0 atom stereocenters. The Morgan fingerprint density at radius 1 is 0.923 bits per heavy atom. The Bertz CT molecular complexity index is 654. The Kier molecular flexibility index (Phi) is 9.58. The van der Waals surface area contributed by atoms with Crippen LogP contribution in [0.15, 0.2) is 36.4 Å². The molecule has 0 aromatic heterocycles. The van der Waals surface area contributed by atoms with Crippen molar-refractivity contribution in [2.45, 2.75) is 13.3 Å². The van der Waals surface area contributed by atoms with E-state index >= 15 is 0 Å². The Balaban J connectivity index is 1.68. The first-order chi connectivity index (χ1) is 12.7. The van der Waals surface area contributed by atoms with Gasteiger partial charge < -0.3 is 19.3 Å². The van der Waals surface area contributed by atoms with Gasteiger partial charge in [0.1, 0.15) is 12.2 Å². The van der Waals surface area contributed by atoms with Crippen LogP contribution in [0.1, 0.15) is 13.3 Å². The summed E-state index contributed by atoms with van der Waals surface area (Å²) < 4.78 is 19.0. The van der Waals surface area contributed by atoms with Crippen molar-refractivity contribution in [3.05, 3.63) is 36.4 Å². The number of hydrogen-bond donors (Lipinski definition) is 1. The third-order valence-electron chi connectivity index (χ3n) is 3.63. The molecule has 144 valence electrons. The van der Waals surface area contributed by atoms with Crippen LogP contribution in [0.2, 0.25) is 0 Å². The van der Waals surface area contributed by atoms with Gasteiger partial charge in [-0.25, -0.2) is 4.72 Å². The summed E-state index contributed by atoms with van der Waals surface area (Å²) in [6, 6.07) is 12.0. The SMILES string of the molecule is CCCOCCOCCNSOOc1cccc2c(N(C)C)cccc12. The average Bonchev–Trinajstić information content (AvgIpc) is 2.65. The first-order valence-corrected chi connectivity index (χ1v) is 9.55. The van der Waals surface area contributed by atoms with E-state index in [1.54, 1.807) is 0 Å². The molecule has 0 amide bonds. The molecule has 7 heteroatoms. The summed E-state index contributed by atoms with van der Waals surface area (Å²) in [5.74, 6) is 0.685. The van der Waals surface area contributed by atoms with Crippen molar-refractivity contribution in [2.24, 2.45) is 0 Å². The van der Waals surface area contributed by atoms with Gasteiger partial charge in [-0.3, -0.25) is 0 Å². The normalized spacial score (nSPS) is 11.0. The predicted octanol–water partition coefficient (Wildman–Crippen LogP) is 3.81. The van der Waals surface area contributed by atoms with Crippen LogP contribution in [-0.4, -0.2) is 47.1 Å². The van der Waals surface area contributed by atoms with E-state index in [-0.39, 0.29) is 0 Å². The Labute approximate surface area is 160 Å². The summed E-state index contributed by atoms with van der Waals surface area (Å²) in [7, 11) is 4.05. The molecule has 0 spiro atoms. The minimum atomic E-state index is 0.590. The van der Waals surface area contributed by atoms with Crippen molar-refractivity contribution < 1.29 is 18.7 Å². The third kappa shape index (κ3) is 6.66. The fourth-order valence-corrected chi connectivity index (χ4v) is 2.75. The fourth-order valence-electron chi connectivity index (χ4n) is 2.43. The average molecular weight is 381 g/mol. The summed E-state index contributed by atoms with van der Waals surface area (Å²) in [5.41, 5.74) is 1.14. The number of nitrogens with one attached hydrogen (secondary N) is 1. The van der Waals surface area contributed by atoms with Crippen LogP contribution < -0.4 is 14.5 Å². The quantitative estimate of drug-likeness (QED) is 0.186. The second-order valence-electron chi connectivity index (χ2n) is 5.88. The van der Waals surface area contributed by atoms with E-state index in [0.29, 0.717) is 32.1 Å². The zero-order valence-corrected chi connectivity index (χ0v) is 16.5. The lowest BCUT2D eigenvalue weighted by Crippen LogP contribution is -2.15. The first-order valence-electron chi connectivity index (χ1n) is 8.81. The molecule has 2 aromatic rings. The smallest absolute Gasteiger partial charge is 0.174 e. The third-order valence-corrected chi connectivity index (χ3v) is 4.08. The van der Waals surface area contributed by atoms with Crippen LogP contribution >= 0.6 is 12.2 Å². The molecule has 0 aliphatic carbocycles. The molecule has 1 N–H and O–H groups in total. The van der Waals surface area contributed by atoms with Crippen LogP contribution in [0.3, 0.4) is 0 Å². The van der Waals surface area contributed by atoms with Gasteiger partial charge in [0.25, 0.3) is 0 Å². The zero-order valence-electron chi connectivity index (χ0n) is 15.7. The minimum Gasteiger partial charge on any atom is -0.379 e. The molecule has 0 radical (unpaired) electrons. The van der Waals surface area contributed by atoms with Gasteiger partial charge in [0, 0.05) is 43.7 Å². The minimum absolute atomic E-state index is 0.590. The molecule has 2 rings (SSSR count). The lowest BCUT2D eigenvalue weighted by molar-refractivity contribution is -0.0772. The first kappa shape index (κ1) is 20.8. The van der Waals surface area contributed by atoms with E-state index in [1.807, 2.05) is 38.4 Å². The lowest BCUT2D eigenvalue weighted by Gasteiger charge is -2.16. The number of nitrogens with zero attached hydrogens (tertiary/aromatic N) is 1. The van der Waals surface area contributed by atoms with Gasteiger partial charge in [-0.05, 0) is 18.6 Å². The number of hydrogen-bond acceptors (Lipinski definition) is 7. The topological polar surface area (TPSA) is 52.2 Å². The highest BCUT2D eigenvalue weighted by atomic mass is 32.2. The molecular formula is C19H28N2O4S. The molecule has 0 saturated carbocycles. The molecule has 0 heterocycles. The maximum atomic E-state index is 5.45. The summed E-state index contributed by atoms with van der Waals surface area (Å²) in [6.07, 6.45) is 1.03. The van der Waals surface area contributed by atoms with Crippen LogP contribution in [0.5, 0.6) is 5.75 Å². The summed E-state index contributed by atoms with van der Waals surface area (Å²) >= 11 is 1.05. The lowest BCUT2D eigenvalue weighted by atomic mass is 10.1. The number of fused-ring (bicyclic) bond motifs is 1. The van der Waals surface area contributed by atoms with Crippen molar-refractivity contribution in [3.8, 4) is 5.75 Å². The van der Waals surface area contributed by atoms with Crippen LogP contribution in [0, 0.1) is 0 Å². The Hall–Kier alpha value is -1.51. The van der Waals surface area contributed by atoms with E-state index in [0.717, 1.165) is 41.7 Å². The van der Waals surface area contributed by atoms with Crippen molar-refractivity contribution in [2.75, 3.05) is 52.0 Å². The molecule has 0 saturated heterocycles. The van der Waals surface area contributed by atoms with Gasteiger partial charge in [0.2, 0.25) is 0 Å². The van der Waals surface area contributed by atoms with Crippen molar-refractivity contribution in [1.82, 2.24) is 4.72 Å². The molecule has 2 aromatic carbocycles. The largest absolute Gasteiger partial charge is 0.379 e. The zero-order chi connectivity index (χ0) is 18.6. The maximum absolute atomic E-state index is 5.45. The summed E-state index contributed by atoms with van der Waals surface area (Å²) in [4.78, 5) is 7.53. The van der Waals surface area contributed by atoms with Crippen molar-refractivity contribution in [1.29, 1.82) is 0 Å². The van der Waals surface area contributed by atoms with Crippen molar-refractivity contribution in [3.63, 3.8) is 0 Å². The summed E-state index contributed by atoms with van der Waals surface area (Å²) in [6.45, 7) is 5.36. The van der Waals surface area contributed by atoms with Gasteiger partial charge in [0.05, 0.1) is 19.8 Å². The molecule has 0 bridgehead atoms. The predicted molar refractivity (Wildman–Crippen MR) is 108 cm³/mol. The van der Waals surface area contributed by atoms with Crippen LogP contribution in [0.4, 0.5) is 5.69 Å². The number of anilines is 1. The Morgan fingerprint density at radius 2 is 1.65 bits per heavy atom. The maximum Gasteiger partial charge on any atom is 0.174 e. The number of rotatable bonds is 13. The van der Waals surface area contributed by atoms with Crippen LogP contribution in [0.25, 0.3) is 10.8 Å². The monoisotopic (exact) mass is 380 g/mol. The number of ether oxygens (including phenoxy) is 2. The van der Waals surface area contributed by atoms with Gasteiger partial charge >= 0.3 is 0 Å². The second kappa shape index (κ2) is 12.0. The highest BCUT2D eigenvalue weighted by Crippen LogP contribution is 2.32. The van der Waals surface area contributed by atoms with E-state index in [1.165, 1.54) is 0 Å². The van der Waals surface area contributed by atoms with Gasteiger partial charge in [0.15, 0.2) is 5.75 Å². The van der Waals surface area contributed by atoms with Crippen molar-refractivity contribution >= 4 is 28.7 Å². The molecule has 0 unspecified atom stereocenters. The molecular weight excluding hydrogens is 352 g/mol. The molecule has 6 nitrogen and oxygen atoms in total. The van der Waals surface area contributed by atoms with E-state index in [9.17, 15) is 0 Å². The van der Waals surface area contributed by atoms with Crippen LogP contribution in [-0.2, 0) is 13.8 Å². The van der Waals surface area contributed by atoms with E-state index in [2.05, 4.69) is 28.7 Å². The standard InChI is InChI=1S/C19H28N2O4S/c1-4-12-22-14-15-23-13-11-20-26-25-24-19-10-6-7-16-17(19)8-5-9-18(16)21(2)3/h5-10,20H,4,11-15H2,1-3H3.